The van der Waals surface area contributed by atoms with Gasteiger partial charge in [0.05, 0.1) is 6.17 Å². The summed E-state index contributed by atoms with van der Waals surface area (Å²) >= 11 is 0. The van der Waals surface area contributed by atoms with Gasteiger partial charge in [-0.25, -0.2) is 0 Å². The zero-order valence-corrected chi connectivity index (χ0v) is 13.0. The minimum Gasteiger partial charge on any atom is -0.351 e. The molecular weight excluding hydrogens is 244 g/mol. The zero-order valence-electron chi connectivity index (χ0n) is 14.0. The van der Waals surface area contributed by atoms with Crippen LogP contribution in [-0.4, -0.2) is 18.2 Å². The van der Waals surface area contributed by atoms with Gasteiger partial charge in [0.1, 0.15) is 1.41 Å². The fraction of sp³-hybridized carbons (Fsp3) is 0.667. The van der Waals surface area contributed by atoms with Crippen molar-refractivity contribution >= 4 is 5.69 Å². The van der Waals surface area contributed by atoms with Crippen molar-refractivity contribution in [3.8, 4) is 0 Å². The third kappa shape index (κ3) is 2.46. The molecule has 0 radical (unpaired) electrons. The van der Waals surface area contributed by atoms with Gasteiger partial charge in [-0.2, -0.15) is 0 Å². The third-order valence-electron chi connectivity index (χ3n) is 5.27. The Hall–Kier alpha value is -1.02. The Morgan fingerprint density at radius 1 is 1.15 bits per heavy atom. The van der Waals surface area contributed by atoms with Crippen LogP contribution in [0, 0.1) is 12.8 Å². The maximum absolute atomic E-state index is 8.60. The topological polar surface area (TPSA) is 15.3 Å². The standard InChI is InChI=1S/C18H28N2/c1-13-9-7-8-12-17(13)20-15(3)14(2)19-18(20)16-10-5-4-6-11-16/h7-9,12,14-16,18-19H,4-6,10-11H2,1-3H3/t14?,15-,18?/m0/s1/i/hD. The molecule has 0 aromatic heterocycles. The monoisotopic (exact) mass is 273 g/mol. The van der Waals surface area contributed by atoms with Crippen molar-refractivity contribution in [2.45, 2.75) is 71.1 Å². The lowest BCUT2D eigenvalue weighted by Crippen LogP contribution is -2.45. The van der Waals surface area contributed by atoms with Gasteiger partial charge < -0.3 is 4.90 Å². The van der Waals surface area contributed by atoms with Gasteiger partial charge in [-0.1, -0.05) is 37.5 Å². The first kappa shape index (κ1) is 12.7. The molecule has 2 nitrogen and oxygen atoms in total. The van der Waals surface area contributed by atoms with E-state index in [1.54, 1.807) is 0 Å². The molecule has 1 aliphatic heterocycles. The summed E-state index contributed by atoms with van der Waals surface area (Å²) in [5.41, 5.74) is 2.65. The molecule has 0 amide bonds. The molecule has 1 N–H and O–H groups in total. The van der Waals surface area contributed by atoms with E-state index in [0.717, 1.165) is 0 Å². The molecule has 1 aromatic rings. The Morgan fingerprint density at radius 3 is 2.55 bits per heavy atom. The fourth-order valence-corrected chi connectivity index (χ4v) is 3.91. The molecule has 1 aliphatic carbocycles. The summed E-state index contributed by atoms with van der Waals surface area (Å²) in [4.78, 5) is 2.53. The van der Waals surface area contributed by atoms with Crippen molar-refractivity contribution in [2.24, 2.45) is 5.92 Å². The second kappa shape index (κ2) is 5.77. The number of anilines is 1. The molecule has 20 heavy (non-hydrogen) atoms. The smallest absolute Gasteiger partial charge is 0.125 e. The lowest BCUT2D eigenvalue weighted by atomic mass is 9.86. The number of nitrogens with one attached hydrogen (secondary N) is 1. The van der Waals surface area contributed by atoms with Gasteiger partial charge in [-0.3, -0.25) is 5.31 Å². The third-order valence-corrected chi connectivity index (χ3v) is 5.27. The van der Waals surface area contributed by atoms with Crippen LogP contribution in [0.15, 0.2) is 24.3 Å². The van der Waals surface area contributed by atoms with Crippen LogP contribution in [0.1, 0.15) is 51.5 Å². The van der Waals surface area contributed by atoms with Gasteiger partial charge >= 0.3 is 0 Å². The summed E-state index contributed by atoms with van der Waals surface area (Å²) in [6.07, 6.45) is 6.84. The quantitative estimate of drug-likeness (QED) is 0.873. The number of para-hydroxylation sites is 1. The average Bonchev–Trinajstić information content (AvgIpc) is 2.73. The van der Waals surface area contributed by atoms with Crippen LogP contribution in [0.4, 0.5) is 5.69 Å². The van der Waals surface area contributed by atoms with Crippen molar-refractivity contribution in [1.29, 1.82) is 0 Å². The molecule has 3 rings (SSSR count). The van der Waals surface area contributed by atoms with Crippen LogP contribution in [0.2, 0.25) is 1.41 Å². The highest BCUT2D eigenvalue weighted by molar-refractivity contribution is 5.56. The lowest BCUT2D eigenvalue weighted by molar-refractivity contribution is 0.283. The van der Waals surface area contributed by atoms with E-state index in [4.69, 9.17) is 1.41 Å². The Morgan fingerprint density at radius 2 is 1.85 bits per heavy atom. The molecule has 110 valence electrons. The summed E-state index contributed by atoms with van der Waals surface area (Å²) in [7, 11) is 0. The normalized spacial score (nSPS) is 33.5. The van der Waals surface area contributed by atoms with Gasteiger partial charge in [-0.05, 0) is 51.2 Å². The molecule has 1 saturated heterocycles. The van der Waals surface area contributed by atoms with Gasteiger partial charge in [-0.15, -0.1) is 0 Å². The Kier molecular flexibility index (Phi) is 3.66. The second-order valence-corrected chi connectivity index (χ2v) is 6.64. The molecule has 3 atom stereocenters. The van der Waals surface area contributed by atoms with E-state index in [2.05, 4.69) is 49.9 Å². The van der Waals surface area contributed by atoms with Gasteiger partial charge in [0.2, 0.25) is 0 Å². The lowest BCUT2D eigenvalue weighted by Gasteiger charge is -2.37. The molecule has 0 spiro atoms. The number of benzene rings is 1. The van der Waals surface area contributed by atoms with Crippen LogP contribution >= 0.6 is 0 Å². The van der Waals surface area contributed by atoms with Crippen LogP contribution < -0.4 is 10.2 Å². The minimum absolute atomic E-state index is 0.247. The highest BCUT2D eigenvalue weighted by atomic mass is 15.4. The number of hydrogen-bond acceptors (Lipinski definition) is 2. The van der Waals surface area contributed by atoms with E-state index >= 15 is 0 Å². The van der Waals surface area contributed by atoms with E-state index < -0.39 is 0 Å². The largest absolute Gasteiger partial charge is 0.351 e. The fourth-order valence-electron chi connectivity index (χ4n) is 3.91. The summed E-state index contributed by atoms with van der Waals surface area (Å²) in [6.45, 7) is 6.67. The van der Waals surface area contributed by atoms with E-state index in [-0.39, 0.29) is 12.2 Å². The van der Waals surface area contributed by atoms with Crippen molar-refractivity contribution in [1.82, 2.24) is 5.31 Å². The number of rotatable bonds is 2. The highest BCUT2D eigenvalue weighted by Crippen LogP contribution is 2.36. The number of hydrogen-bond donors (Lipinski definition) is 1. The second-order valence-electron chi connectivity index (χ2n) is 6.64. The molecule has 2 aliphatic rings. The maximum Gasteiger partial charge on any atom is 0.125 e. The molecule has 2 fully saturated rings. The van der Waals surface area contributed by atoms with Crippen molar-refractivity contribution in [2.75, 3.05) is 4.90 Å². The Bertz CT molecular complexity index is 484. The van der Waals surface area contributed by atoms with Crippen molar-refractivity contribution in [3.05, 3.63) is 29.8 Å². The summed E-state index contributed by atoms with van der Waals surface area (Å²) in [5.74, 6) is 0.642. The van der Waals surface area contributed by atoms with Crippen LogP contribution in [0.25, 0.3) is 0 Å². The van der Waals surface area contributed by atoms with Gasteiger partial charge in [0, 0.05) is 17.8 Å². The molecule has 0 bridgehead atoms. The molecule has 2 unspecified atom stereocenters. The van der Waals surface area contributed by atoms with Crippen molar-refractivity contribution in [3.63, 3.8) is 0 Å². The SMILES string of the molecule is [2H]N1C(C)[C@H](C)N(c2ccccc2C)C1C1CCCCC1. The molecule has 1 heterocycles. The van der Waals surface area contributed by atoms with Crippen LogP contribution in [0.3, 0.4) is 0 Å². The van der Waals surface area contributed by atoms with Crippen molar-refractivity contribution < 1.29 is 1.41 Å². The van der Waals surface area contributed by atoms with E-state index in [1.165, 1.54) is 43.4 Å². The van der Waals surface area contributed by atoms with Gasteiger partial charge in [0.25, 0.3) is 0 Å². The van der Waals surface area contributed by atoms with E-state index in [0.29, 0.717) is 12.0 Å². The van der Waals surface area contributed by atoms with Crippen LogP contribution in [0.5, 0.6) is 0 Å². The minimum atomic E-state index is 0.247. The maximum atomic E-state index is 8.60. The van der Waals surface area contributed by atoms with E-state index in [1.807, 2.05) is 5.31 Å². The Labute approximate surface area is 125 Å². The molecule has 1 saturated carbocycles. The first-order valence-electron chi connectivity index (χ1n) is 8.67. The first-order valence-corrected chi connectivity index (χ1v) is 8.22. The number of aryl methyl sites for hydroxylation is 1. The van der Waals surface area contributed by atoms with Crippen LogP contribution in [-0.2, 0) is 0 Å². The molecule has 2 heteroatoms. The average molecular weight is 273 g/mol. The highest BCUT2D eigenvalue weighted by Gasteiger charge is 2.40. The molecule has 1 aromatic carbocycles. The molecular formula is C18H28N2. The number of nitrogens with zero attached hydrogens (tertiary/aromatic N) is 1. The predicted octanol–water partition coefficient (Wildman–Crippen LogP) is 4.09. The predicted molar refractivity (Wildman–Crippen MR) is 86.1 cm³/mol. The Balaban J connectivity index is 1.96. The summed E-state index contributed by atoms with van der Waals surface area (Å²) in [6, 6.07) is 9.35. The van der Waals surface area contributed by atoms with Gasteiger partial charge in [0.15, 0.2) is 0 Å². The summed E-state index contributed by atoms with van der Waals surface area (Å²) < 4.78 is 8.60. The first-order chi connectivity index (χ1) is 10.1. The summed E-state index contributed by atoms with van der Waals surface area (Å²) in [5, 5.41) is 1.88. The zero-order chi connectivity index (χ0) is 15.0. The van der Waals surface area contributed by atoms with E-state index in [9.17, 15) is 0 Å².